The molecule has 0 spiro atoms. The Hall–Kier alpha value is -3.43. The van der Waals surface area contributed by atoms with Crippen molar-refractivity contribution in [3.05, 3.63) is 58.1 Å². The van der Waals surface area contributed by atoms with E-state index in [1.807, 2.05) is 37.2 Å². The van der Waals surface area contributed by atoms with E-state index in [0.717, 1.165) is 35.5 Å². The molecule has 0 aliphatic carbocycles. The van der Waals surface area contributed by atoms with Crippen LogP contribution in [0.15, 0.2) is 30.3 Å². The second-order valence-electron chi connectivity index (χ2n) is 11.9. The Bertz CT molecular complexity index is 1300. The number of methoxy groups -OCH3 is 2. The SMILES string of the molecule is CNC(=O)c1cc2c(cc1N(C)C)CN(CC(=O)c1cc(N3CCC(OC)C(OC)C3)cc(C(C)(C)C)c1)C2=N. The Morgan fingerprint density at radius 3 is 2.38 bits per heavy atom. The third kappa shape index (κ3) is 5.86. The van der Waals surface area contributed by atoms with Gasteiger partial charge < -0.3 is 29.5 Å². The summed E-state index contributed by atoms with van der Waals surface area (Å²) in [7, 11) is 8.81. The van der Waals surface area contributed by atoms with E-state index in [-0.39, 0.29) is 41.7 Å². The maximum Gasteiger partial charge on any atom is 0.253 e. The molecule has 1 fully saturated rings. The van der Waals surface area contributed by atoms with Gasteiger partial charge in [-0.3, -0.25) is 15.0 Å². The number of hydrogen-bond donors (Lipinski definition) is 2. The number of benzene rings is 2. The van der Waals surface area contributed by atoms with Crippen LogP contribution in [-0.4, -0.2) is 89.6 Å². The highest BCUT2D eigenvalue weighted by molar-refractivity contribution is 6.08. The fraction of sp³-hybridized carbons (Fsp3) is 0.516. The van der Waals surface area contributed by atoms with Gasteiger partial charge in [0.15, 0.2) is 5.78 Å². The minimum absolute atomic E-state index is 0.0423. The van der Waals surface area contributed by atoms with E-state index in [1.54, 1.807) is 32.2 Å². The molecule has 2 unspecified atom stereocenters. The summed E-state index contributed by atoms with van der Waals surface area (Å²) in [4.78, 5) is 32.2. The van der Waals surface area contributed by atoms with Gasteiger partial charge in [0, 0.05) is 77.5 Å². The van der Waals surface area contributed by atoms with E-state index in [1.165, 1.54) is 0 Å². The highest BCUT2D eigenvalue weighted by atomic mass is 16.5. The average molecular weight is 550 g/mol. The molecule has 9 nitrogen and oxygen atoms in total. The predicted octanol–water partition coefficient (Wildman–Crippen LogP) is 3.67. The number of piperidine rings is 1. The first-order valence-corrected chi connectivity index (χ1v) is 13.8. The lowest BCUT2D eigenvalue weighted by molar-refractivity contribution is -0.0441. The van der Waals surface area contributed by atoms with E-state index < -0.39 is 0 Å². The maximum atomic E-state index is 13.8. The van der Waals surface area contributed by atoms with Gasteiger partial charge in [0.2, 0.25) is 0 Å². The largest absolute Gasteiger partial charge is 0.379 e. The Morgan fingerprint density at radius 2 is 1.77 bits per heavy atom. The molecular weight excluding hydrogens is 506 g/mol. The number of nitrogens with zero attached hydrogens (tertiary/aromatic N) is 3. The summed E-state index contributed by atoms with van der Waals surface area (Å²) in [5.74, 6) is 0.0144. The van der Waals surface area contributed by atoms with Crippen LogP contribution in [0.4, 0.5) is 11.4 Å². The monoisotopic (exact) mass is 549 g/mol. The highest BCUT2D eigenvalue weighted by Crippen LogP contribution is 2.33. The molecule has 0 radical (unpaired) electrons. The van der Waals surface area contributed by atoms with Gasteiger partial charge in [0.1, 0.15) is 11.9 Å². The van der Waals surface area contributed by atoms with E-state index in [4.69, 9.17) is 14.9 Å². The zero-order chi connectivity index (χ0) is 29.4. The molecule has 2 aliphatic rings. The van der Waals surface area contributed by atoms with Crippen LogP contribution in [0.5, 0.6) is 0 Å². The van der Waals surface area contributed by atoms with Gasteiger partial charge >= 0.3 is 0 Å². The first-order valence-electron chi connectivity index (χ1n) is 13.8. The third-order valence-corrected chi connectivity index (χ3v) is 8.02. The number of Topliss-reactive ketones (excluding diaryl/α,β-unsaturated/α-hetero) is 1. The summed E-state index contributed by atoms with van der Waals surface area (Å²) in [6.07, 6.45) is 0.841. The molecule has 2 N–H and O–H groups in total. The molecule has 2 aliphatic heterocycles. The number of rotatable bonds is 8. The number of ketones is 1. The molecular formula is C31H43N5O4. The Morgan fingerprint density at radius 1 is 1.07 bits per heavy atom. The second-order valence-corrected chi connectivity index (χ2v) is 11.9. The van der Waals surface area contributed by atoms with E-state index in [9.17, 15) is 9.59 Å². The Kier molecular flexibility index (Phi) is 8.56. The van der Waals surface area contributed by atoms with Crippen molar-refractivity contribution in [2.24, 2.45) is 0 Å². The average Bonchev–Trinajstić information content (AvgIpc) is 3.24. The molecule has 1 amide bonds. The summed E-state index contributed by atoms with van der Waals surface area (Å²) in [6, 6.07) is 9.85. The number of amides is 1. The molecule has 2 aromatic carbocycles. The van der Waals surface area contributed by atoms with Gasteiger partial charge in [-0.25, -0.2) is 0 Å². The molecule has 2 atom stereocenters. The van der Waals surface area contributed by atoms with Gasteiger partial charge in [-0.2, -0.15) is 0 Å². The van der Waals surface area contributed by atoms with Gasteiger partial charge in [-0.15, -0.1) is 0 Å². The number of amidine groups is 1. The molecule has 2 aromatic rings. The molecule has 0 bridgehead atoms. The van der Waals surface area contributed by atoms with E-state index >= 15 is 0 Å². The predicted molar refractivity (Wildman–Crippen MR) is 159 cm³/mol. The van der Waals surface area contributed by atoms with Crippen LogP contribution in [0.2, 0.25) is 0 Å². The van der Waals surface area contributed by atoms with Gasteiger partial charge in [0.05, 0.1) is 18.2 Å². The molecule has 1 saturated heterocycles. The van der Waals surface area contributed by atoms with Crippen molar-refractivity contribution >= 4 is 28.9 Å². The number of carbonyl (C=O) groups is 2. The minimum atomic E-state index is -0.203. The molecule has 2 heterocycles. The maximum absolute atomic E-state index is 13.8. The first-order chi connectivity index (χ1) is 18.9. The van der Waals surface area contributed by atoms with Crippen molar-refractivity contribution < 1.29 is 19.1 Å². The molecule has 0 aromatic heterocycles. The number of hydrogen-bond acceptors (Lipinski definition) is 7. The lowest BCUT2D eigenvalue weighted by Crippen LogP contribution is -2.48. The number of carbonyl (C=O) groups excluding carboxylic acids is 2. The Balaban J connectivity index is 1.61. The lowest BCUT2D eigenvalue weighted by atomic mass is 9.85. The van der Waals surface area contributed by atoms with Crippen molar-refractivity contribution in [3.63, 3.8) is 0 Å². The minimum Gasteiger partial charge on any atom is -0.379 e. The summed E-state index contributed by atoms with van der Waals surface area (Å²) in [5, 5.41) is 11.5. The number of nitrogens with one attached hydrogen (secondary N) is 2. The fourth-order valence-electron chi connectivity index (χ4n) is 5.54. The van der Waals surface area contributed by atoms with Crippen molar-refractivity contribution in [3.8, 4) is 0 Å². The quantitative estimate of drug-likeness (QED) is 0.485. The fourth-order valence-corrected chi connectivity index (χ4v) is 5.54. The van der Waals surface area contributed by atoms with Crippen LogP contribution >= 0.6 is 0 Å². The van der Waals surface area contributed by atoms with Gasteiger partial charge in [0.25, 0.3) is 5.91 Å². The summed E-state index contributed by atoms with van der Waals surface area (Å²) in [5.41, 5.74) is 5.49. The molecule has 4 rings (SSSR count). The number of anilines is 2. The first kappa shape index (κ1) is 29.6. The summed E-state index contributed by atoms with van der Waals surface area (Å²) >= 11 is 0. The molecule has 216 valence electrons. The smallest absolute Gasteiger partial charge is 0.253 e. The lowest BCUT2D eigenvalue weighted by Gasteiger charge is -2.39. The third-order valence-electron chi connectivity index (χ3n) is 8.02. The van der Waals surface area contributed by atoms with Crippen LogP contribution < -0.4 is 15.1 Å². The second kappa shape index (κ2) is 11.6. The van der Waals surface area contributed by atoms with Crippen LogP contribution in [0, 0.1) is 5.41 Å². The Labute approximate surface area is 237 Å². The molecule has 9 heteroatoms. The van der Waals surface area contributed by atoms with Gasteiger partial charge in [-0.1, -0.05) is 20.8 Å². The van der Waals surface area contributed by atoms with Crippen LogP contribution in [0.3, 0.4) is 0 Å². The summed E-state index contributed by atoms with van der Waals surface area (Å²) in [6.45, 7) is 8.47. The zero-order valence-electron chi connectivity index (χ0n) is 25.1. The standard InChI is InChI=1S/C31H43N5O4/c1-31(2,3)21-11-19(12-22(14-21)35-10-9-27(39-7)28(18-35)40-8)26(37)17-36-16-20-13-25(34(5)6)24(30(38)33-4)15-23(20)29(36)32/h11-15,27-28,32H,9-10,16-18H2,1-8H3,(H,33,38). The number of ether oxygens (including phenoxy) is 2. The van der Waals surface area contributed by atoms with Crippen molar-refractivity contribution in [2.75, 3.05) is 64.8 Å². The highest BCUT2D eigenvalue weighted by Gasteiger charge is 2.32. The van der Waals surface area contributed by atoms with Crippen LogP contribution in [0.1, 0.15) is 64.6 Å². The van der Waals surface area contributed by atoms with Crippen molar-refractivity contribution in [1.82, 2.24) is 10.2 Å². The zero-order valence-corrected chi connectivity index (χ0v) is 25.1. The van der Waals surface area contributed by atoms with Crippen molar-refractivity contribution in [2.45, 2.75) is 51.4 Å². The van der Waals surface area contributed by atoms with E-state index in [0.29, 0.717) is 29.8 Å². The molecule has 40 heavy (non-hydrogen) atoms. The van der Waals surface area contributed by atoms with Crippen LogP contribution in [-0.2, 0) is 21.4 Å². The summed E-state index contributed by atoms with van der Waals surface area (Å²) < 4.78 is 11.3. The topological polar surface area (TPSA) is 98.2 Å². The van der Waals surface area contributed by atoms with E-state index in [2.05, 4.69) is 37.1 Å². The van der Waals surface area contributed by atoms with Crippen molar-refractivity contribution in [1.29, 1.82) is 5.41 Å². The van der Waals surface area contributed by atoms with Gasteiger partial charge in [-0.05, 0) is 53.3 Å². The number of fused-ring (bicyclic) bond motifs is 1. The molecule has 0 saturated carbocycles. The van der Waals surface area contributed by atoms with Crippen LogP contribution in [0.25, 0.3) is 0 Å². The normalized spacial score (nSPS) is 19.1.